The fourth-order valence-electron chi connectivity index (χ4n) is 4.05. The maximum Gasteiger partial charge on any atom is 0.498 e. The van der Waals surface area contributed by atoms with E-state index < -0.39 is 36.9 Å². The summed E-state index contributed by atoms with van der Waals surface area (Å²) in [7, 11) is -0.519. The highest BCUT2D eigenvalue weighted by atomic mass is 16.7. The maximum absolute atomic E-state index is 12.3. The van der Waals surface area contributed by atoms with Crippen molar-refractivity contribution in [3.05, 3.63) is 12.4 Å². The zero-order chi connectivity index (χ0) is 23.0. The summed E-state index contributed by atoms with van der Waals surface area (Å²) in [4.78, 5) is 25.3. The third-order valence-electron chi connectivity index (χ3n) is 6.53. The van der Waals surface area contributed by atoms with E-state index in [4.69, 9.17) is 14.4 Å². The van der Waals surface area contributed by atoms with E-state index in [0.29, 0.717) is 19.0 Å². The van der Waals surface area contributed by atoms with Crippen LogP contribution in [0, 0.1) is 0 Å². The number of likely N-dealkylation sites (tertiary alicyclic amines) is 1. The summed E-state index contributed by atoms with van der Waals surface area (Å²) in [5.74, 6) is 0.144. The number of carbonyl (C=O) groups is 1. The summed E-state index contributed by atoms with van der Waals surface area (Å²) in [5.41, 5.74) is -0.104. The summed E-state index contributed by atoms with van der Waals surface area (Å²) in [6.45, 7) is 12.6. The molecule has 0 bridgehead atoms. The normalized spacial score (nSPS) is 23.8. The first kappa shape index (κ1) is 23.9. The summed E-state index contributed by atoms with van der Waals surface area (Å²) in [5, 5.41) is 18.8. The molecule has 0 unspecified atom stereocenters. The van der Waals surface area contributed by atoms with Crippen molar-refractivity contribution in [3.63, 3.8) is 0 Å². The molecule has 1 aromatic heterocycles. The van der Waals surface area contributed by atoms with E-state index in [9.17, 15) is 9.90 Å². The summed E-state index contributed by atoms with van der Waals surface area (Å²) < 4.78 is 12.2. The van der Waals surface area contributed by atoms with Crippen LogP contribution in [0.25, 0.3) is 0 Å². The lowest BCUT2D eigenvalue weighted by Gasteiger charge is -2.41. The number of nitrogens with zero attached hydrogens (tertiary/aromatic N) is 4. The third-order valence-corrected chi connectivity index (χ3v) is 6.53. The second-order valence-corrected chi connectivity index (χ2v) is 9.68. The van der Waals surface area contributed by atoms with E-state index in [2.05, 4.69) is 28.7 Å². The van der Waals surface area contributed by atoms with Crippen molar-refractivity contribution in [2.75, 3.05) is 24.6 Å². The quantitative estimate of drug-likeness (QED) is 0.617. The Hall–Kier alpha value is -1.75. The number of carbonyl (C=O) groups excluding carboxylic acids is 1. The number of aliphatic hydroxyl groups is 2. The molecule has 2 aliphatic heterocycles. The van der Waals surface area contributed by atoms with Crippen LogP contribution in [0.2, 0.25) is 0 Å². The molecule has 2 atom stereocenters. The van der Waals surface area contributed by atoms with E-state index in [1.165, 1.54) is 0 Å². The first-order chi connectivity index (χ1) is 14.5. The van der Waals surface area contributed by atoms with Crippen LogP contribution < -0.4 is 10.4 Å². The van der Waals surface area contributed by atoms with Gasteiger partial charge in [-0.25, -0.2) is 9.97 Å². The zero-order valence-corrected chi connectivity index (χ0v) is 19.4. The maximum atomic E-state index is 12.3. The largest absolute Gasteiger partial charge is 0.498 e. The molecule has 2 N–H and O–H groups in total. The lowest BCUT2D eigenvalue weighted by atomic mass is 9.81. The number of rotatable bonds is 6. The van der Waals surface area contributed by atoms with Crippen LogP contribution in [0.5, 0.6) is 0 Å². The fraction of sp³-hybridized carbons (Fsp3) is 0.762. The van der Waals surface area contributed by atoms with Crippen LogP contribution >= 0.6 is 0 Å². The monoisotopic (exact) mass is 434 g/mol. The van der Waals surface area contributed by atoms with Crippen LogP contribution in [0.3, 0.4) is 0 Å². The molecule has 0 saturated carbocycles. The van der Waals surface area contributed by atoms with Crippen LogP contribution in [-0.4, -0.2) is 87.2 Å². The summed E-state index contributed by atoms with van der Waals surface area (Å²) >= 11 is 0. The molecule has 3 heterocycles. The van der Waals surface area contributed by atoms with Gasteiger partial charge in [-0.15, -0.1) is 0 Å². The van der Waals surface area contributed by atoms with Gasteiger partial charge in [-0.3, -0.25) is 4.79 Å². The smallest absolute Gasteiger partial charge is 0.399 e. The minimum atomic E-state index is -1.37. The number of hydrogen-bond acceptors (Lipinski definition) is 8. The highest BCUT2D eigenvalue weighted by Crippen LogP contribution is 2.36. The highest BCUT2D eigenvalue weighted by Gasteiger charge is 2.52. The number of piperidine rings is 1. The van der Waals surface area contributed by atoms with E-state index in [0.717, 1.165) is 18.3 Å². The Morgan fingerprint density at radius 3 is 2.35 bits per heavy atom. The number of aromatic nitrogens is 2. The van der Waals surface area contributed by atoms with Crippen molar-refractivity contribution in [3.8, 4) is 0 Å². The molecular formula is C21H35BN4O5. The Kier molecular flexibility index (Phi) is 6.95. The first-order valence-electron chi connectivity index (χ1n) is 11.0. The molecule has 10 heteroatoms. The van der Waals surface area contributed by atoms with Crippen LogP contribution in [-0.2, 0) is 14.1 Å². The molecule has 31 heavy (non-hydrogen) atoms. The fourth-order valence-corrected chi connectivity index (χ4v) is 4.05. The van der Waals surface area contributed by atoms with Crippen LogP contribution in [0.1, 0.15) is 54.4 Å². The zero-order valence-electron chi connectivity index (χ0n) is 19.4. The molecule has 9 nitrogen and oxygen atoms in total. The van der Waals surface area contributed by atoms with E-state index in [-0.39, 0.29) is 12.1 Å². The van der Waals surface area contributed by atoms with Crippen molar-refractivity contribution in [2.24, 2.45) is 0 Å². The second kappa shape index (κ2) is 9.01. The van der Waals surface area contributed by atoms with Gasteiger partial charge in [0.05, 0.1) is 17.8 Å². The standard InChI is InChI=1S/C21H35BN4O5/c1-14(2)26(16-8-7-9-25(12-16)18(29)17(28)13-27)19-23-10-15(11-24-19)22-30-20(3,4)21(5,6)31-22/h10-11,14,16-17,27-28H,7-9,12-13H2,1-6H3/t16-,17+/m0/s1. The van der Waals surface area contributed by atoms with Gasteiger partial charge in [0.15, 0.2) is 6.10 Å². The average molecular weight is 434 g/mol. The molecule has 0 spiro atoms. The average Bonchev–Trinajstić information content (AvgIpc) is 2.94. The van der Waals surface area contributed by atoms with Gasteiger partial charge in [-0.1, -0.05) is 0 Å². The molecule has 0 aliphatic carbocycles. The number of anilines is 1. The van der Waals surface area contributed by atoms with Crippen LogP contribution in [0.4, 0.5) is 5.95 Å². The van der Waals surface area contributed by atoms with Gasteiger partial charge < -0.3 is 29.3 Å². The Morgan fingerprint density at radius 2 is 1.84 bits per heavy atom. The minimum Gasteiger partial charge on any atom is -0.399 e. The number of hydrogen-bond donors (Lipinski definition) is 2. The Balaban J connectivity index is 1.76. The predicted octanol–water partition coefficient (Wildman–Crippen LogP) is 0.335. The molecule has 172 valence electrons. The number of aliphatic hydroxyl groups excluding tert-OH is 2. The lowest BCUT2D eigenvalue weighted by Crippen LogP contribution is -2.54. The van der Waals surface area contributed by atoms with E-state index in [1.54, 1.807) is 17.3 Å². The van der Waals surface area contributed by atoms with Crippen molar-refractivity contribution in [1.29, 1.82) is 0 Å². The Labute approximate surface area is 184 Å². The summed E-state index contributed by atoms with van der Waals surface area (Å²) in [6, 6.07) is 0.136. The SMILES string of the molecule is CC(C)N(c1ncc(B2OC(C)(C)C(C)(C)O2)cn1)[C@H]1CCCN(C(=O)[C@H](O)CO)C1. The molecule has 2 aliphatic rings. The van der Waals surface area contributed by atoms with Gasteiger partial charge in [0.1, 0.15) is 0 Å². The van der Waals surface area contributed by atoms with E-state index in [1.807, 2.05) is 27.7 Å². The molecule has 0 aromatic carbocycles. The Bertz CT molecular complexity index is 758. The van der Waals surface area contributed by atoms with Crippen molar-refractivity contribution < 1.29 is 24.3 Å². The lowest BCUT2D eigenvalue weighted by molar-refractivity contribution is -0.143. The molecule has 2 fully saturated rings. The molecular weight excluding hydrogens is 399 g/mol. The van der Waals surface area contributed by atoms with Gasteiger partial charge in [-0.05, 0) is 54.4 Å². The van der Waals surface area contributed by atoms with Crippen molar-refractivity contribution in [2.45, 2.75) is 83.8 Å². The molecule has 3 rings (SSSR count). The van der Waals surface area contributed by atoms with E-state index >= 15 is 0 Å². The summed E-state index contributed by atoms with van der Waals surface area (Å²) in [6.07, 6.45) is 3.80. The molecule has 1 amide bonds. The van der Waals surface area contributed by atoms with Gasteiger partial charge in [0.2, 0.25) is 5.95 Å². The van der Waals surface area contributed by atoms with Crippen molar-refractivity contribution >= 4 is 24.4 Å². The van der Waals surface area contributed by atoms with Gasteiger partial charge in [0.25, 0.3) is 5.91 Å². The molecule has 1 aromatic rings. The molecule has 0 radical (unpaired) electrons. The molecule has 2 saturated heterocycles. The highest BCUT2D eigenvalue weighted by molar-refractivity contribution is 6.61. The van der Waals surface area contributed by atoms with Crippen molar-refractivity contribution in [1.82, 2.24) is 14.9 Å². The topological polar surface area (TPSA) is 108 Å². The Morgan fingerprint density at radius 1 is 1.26 bits per heavy atom. The second-order valence-electron chi connectivity index (χ2n) is 9.68. The van der Waals surface area contributed by atoms with Gasteiger partial charge in [-0.2, -0.15) is 0 Å². The van der Waals surface area contributed by atoms with Gasteiger partial charge in [0, 0.05) is 43.0 Å². The first-order valence-corrected chi connectivity index (χ1v) is 11.0. The third kappa shape index (κ3) is 4.87. The van der Waals surface area contributed by atoms with Gasteiger partial charge >= 0.3 is 7.12 Å². The number of amides is 1. The minimum absolute atomic E-state index is 0.0197. The predicted molar refractivity (Wildman–Crippen MR) is 118 cm³/mol. The van der Waals surface area contributed by atoms with Crippen LogP contribution in [0.15, 0.2) is 12.4 Å².